The Hall–Kier alpha value is -0.930. The van der Waals surface area contributed by atoms with Gasteiger partial charge in [0.15, 0.2) is 0 Å². The van der Waals surface area contributed by atoms with E-state index < -0.39 is 0 Å². The smallest absolute Gasteiger partial charge is 0.0876 e. The molecule has 2 rings (SSSR count). The topological polar surface area (TPSA) is 34.2 Å². The first-order valence-corrected chi connectivity index (χ1v) is 8.51. The summed E-state index contributed by atoms with van der Waals surface area (Å²) in [5, 5.41) is 3.70. The predicted molar refractivity (Wildman–Crippen MR) is 87.5 cm³/mol. The normalized spacial score (nSPS) is 20.0. The Kier molecular flexibility index (Phi) is 6.19. The Morgan fingerprint density at radius 2 is 1.95 bits per heavy atom. The van der Waals surface area contributed by atoms with E-state index in [0.717, 1.165) is 26.0 Å². The summed E-state index contributed by atoms with van der Waals surface area (Å²) in [5.74, 6) is 0. The van der Waals surface area contributed by atoms with Crippen molar-refractivity contribution in [3.05, 3.63) is 29.6 Å². The van der Waals surface area contributed by atoms with Crippen LogP contribution in [0, 0.1) is 6.92 Å². The van der Waals surface area contributed by atoms with Crippen molar-refractivity contribution < 1.29 is 4.74 Å². The van der Waals surface area contributed by atoms with Crippen molar-refractivity contribution in [3.8, 4) is 0 Å². The monoisotopic (exact) mass is 290 g/mol. The molecule has 21 heavy (non-hydrogen) atoms. The molecule has 0 spiro atoms. The Bertz CT molecular complexity index is 425. The zero-order valence-electron chi connectivity index (χ0n) is 13.8. The highest BCUT2D eigenvalue weighted by molar-refractivity contribution is 5.28. The Balaban J connectivity index is 2.38. The van der Waals surface area contributed by atoms with E-state index in [1.54, 1.807) is 0 Å². The number of hydrogen-bond acceptors (Lipinski definition) is 3. The summed E-state index contributed by atoms with van der Waals surface area (Å²) >= 11 is 0. The number of aryl methyl sites for hydroxylation is 1. The quantitative estimate of drug-likeness (QED) is 0.798. The molecule has 1 unspecified atom stereocenters. The molecule has 1 fully saturated rings. The molecule has 118 valence electrons. The first kappa shape index (κ1) is 16.4. The molecule has 0 saturated heterocycles. The lowest BCUT2D eigenvalue weighted by Gasteiger charge is -2.41. The third-order valence-electron chi connectivity index (χ3n) is 4.71. The van der Waals surface area contributed by atoms with Crippen LogP contribution in [0.5, 0.6) is 0 Å². The second kappa shape index (κ2) is 7.90. The summed E-state index contributed by atoms with van der Waals surface area (Å²) in [6, 6.07) is 2.35. The maximum Gasteiger partial charge on any atom is 0.0876 e. The molecule has 0 bridgehead atoms. The molecule has 0 amide bonds. The van der Waals surface area contributed by atoms with Gasteiger partial charge in [0.1, 0.15) is 0 Å². The minimum Gasteiger partial charge on any atom is -0.373 e. The van der Waals surface area contributed by atoms with Crippen LogP contribution in [0.2, 0.25) is 0 Å². The van der Waals surface area contributed by atoms with E-state index in [2.05, 4.69) is 37.1 Å². The van der Waals surface area contributed by atoms with Crippen LogP contribution in [0.1, 0.15) is 69.5 Å². The van der Waals surface area contributed by atoms with Gasteiger partial charge in [-0.25, -0.2) is 0 Å². The summed E-state index contributed by atoms with van der Waals surface area (Å²) in [6.45, 7) is 8.20. The van der Waals surface area contributed by atoms with Crippen molar-refractivity contribution >= 4 is 0 Å². The molecule has 0 aliphatic heterocycles. The molecule has 1 atom stereocenters. The minimum absolute atomic E-state index is 0.0744. The third-order valence-corrected chi connectivity index (χ3v) is 4.71. The fraction of sp³-hybridized carbons (Fsp3) is 0.722. The molecule has 0 aromatic carbocycles. The van der Waals surface area contributed by atoms with Crippen LogP contribution >= 0.6 is 0 Å². The van der Waals surface area contributed by atoms with Crippen LogP contribution in [0.4, 0.5) is 0 Å². The molecule has 1 N–H and O–H groups in total. The second-order valence-corrected chi connectivity index (χ2v) is 6.13. The molecular formula is C18H30N2O. The van der Waals surface area contributed by atoms with Crippen molar-refractivity contribution in [2.75, 3.05) is 13.2 Å². The molecule has 1 aromatic heterocycles. The molecule has 0 radical (unpaired) electrons. The summed E-state index contributed by atoms with van der Waals surface area (Å²) in [6.07, 6.45) is 11.4. The van der Waals surface area contributed by atoms with Crippen molar-refractivity contribution in [1.29, 1.82) is 0 Å². The molecule has 1 heterocycles. The highest BCUT2D eigenvalue weighted by Crippen LogP contribution is 2.41. The van der Waals surface area contributed by atoms with Gasteiger partial charge in [-0.2, -0.15) is 0 Å². The molecular weight excluding hydrogens is 260 g/mol. The van der Waals surface area contributed by atoms with E-state index in [4.69, 9.17) is 4.74 Å². The maximum absolute atomic E-state index is 6.38. The summed E-state index contributed by atoms with van der Waals surface area (Å²) < 4.78 is 6.38. The van der Waals surface area contributed by atoms with Gasteiger partial charge in [-0.05, 0) is 50.4 Å². The SMILES string of the molecule is CCNC(c1cnccc1C)C1(OCC)CCCCCC1. The molecule has 1 saturated carbocycles. The lowest BCUT2D eigenvalue weighted by atomic mass is 9.81. The number of rotatable bonds is 6. The number of aromatic nitrogens is 1. The third kappa shape index (κ3) is 3.83. The fourth-order valence-corrected chi connectivity index (χ4v) is 3.69. The van der Waals surface area contributed by atoms with E-state index >= 15 is 0 Å². The van der Waals surface area contributed by atoms with Crippen molar-refractivity contribution in [2.45, 2.75) is 70.9 Å². The van der Waals surface area contributed by atoms with E-state index in [9.17, 15) is 0 Å². The number of nitrogens with zero attached hydrogens (tertiary/aromatic N) is 1. The van der Waals surface area contributed by atoms with E-state index in [1.807, 2.05) is 12.4 Å². The number of likely N-dealkylation sites (N-methyl/N-ethyl adjacent to an activating group) is 1. The van der Waals surface area contributed by atoms with Gasteiger partial charge < -0.3 is 10.1 Å². The lowest BCUT2D eigenvalue weighted by molar-refractivity contribution is -0.0781. The molecule has 3 heteroatoms. The lowest BCUT2D eigenvalue weighted by Crippen LogP contribution is -2.46. The molecule has 1 aromatic rings. The fourth-order valence-electron chi connectivity index (χ4n) is 3.69. The van der Waals surface area contributed by atoms with Gasteiger partial charge in [0.05, 0.1) is 11.6 Å². The highest BCUT2D eigenvalue weighted by Gasteiger charge is 2.40. The first-order chi connectivity index (χ1) is 10.2. The van der Waals surface area contributed by atoms with Crippen molar-refractivity contribution in [3.63, 3.8) is 0 Å². The largest absolute Gasteiger partial charge is 0.373 e. The van der Waals surface area contributed by atoms with Crippen molar-refractivity contribution in [1.82, 2.24) is 10.3 Å². The number of hydrogen-bond donors (Lipinski definition) is 1. The number of pyridine rings is 1. The van der Waals surface area contributed by atoms with E-state index in [-0.39, 0.29) is 11.6 Å². The Morgan fingerprint density at radius 3 is 2.52 bits per heavy atom. The Labute approximate surface area is 129 Å². The average molecular weight is 290 g/mol. The van der Waals surface area contributed by atoms with Gasteiger partial charge in [0, 0.05) is 19.0 Å². The molecule has 1 aliphatic rings. The molecule has 3 nitrogen and oxygen atoms in total. The Morgan fingerprint density at radius 1 is 1.24 bits per heavy atom. The van der Waals surface area contributed by atoms with Crippen LogP contribution in [-0.2, 0) is 4.74 Å². The maximum atomic E-state index is 6.38. The number of ether oxygens (including phenoxy) is 1. The van der Waals surface area contributed by atoms with Crippen molar-refractivity contribution in [2.24, 2.45) is 0 Å². The first-order valence-electron chi connectivity index (χ1n) is 8.51. The van der Waals surface area contributed by atoms with Crippen LogP contribution in [0.25, 0.3) is 0 Å². The van der Waals surface area contributed by atoms with Gasteiger partial charge in [-0.3, -0.25) is 4.98 Å². The second-order valence-electron chi connectivity index (χ2n) is 6.13. The van der Waals surface area contributed by atoms with E-state index in [0.29, 0.717) is 0 Å². The zero-order chi connectivity index (χ0) is 15.1. The van der Waals surface area contributed by atoms with Gasteiger partial charge in [0.2, 0.25) is 0 Å². The van der Waals surface area contributed by atoms with Gasteiger partial charge in [-0.1, -0.05) is 32.6 Å². The van der Waals surface area contributed by atoms with Gasteiger partial charge in [0.25, 0.3) is 0 Å². The summed E-state index contributed by atoms with van der Waals surface area (Å²) in [7, 11) is 0. The number of nitrogens with one attached hydrogen (secondary N) is 1. The average Bonchev–Trinajstić information content (AvgIpc) is 2.73. The van der Waals surface area contributed by atoms with Gasteiger partial charge in [-0.15, -0.1) is 0 Å². The van der Waals surface area contributed by atoms with Crippen LogP contribution in [0.3, 0.4) is 0 Å². The highest BCUT2D eigenvalue weighted by atomic mass is 16.5. The van der Waals surface area contributed by atoms with Crippen LogP contribution < -0.4 is 5.32 Å². The zero-order valence-corrected chi connectivity index (χ0v) is 13.8. The minimum atomic E-state index is -0.0744. The summed E-state index contributed by atoms with van der Waals surface area (Å²) in [5.41, 5.74) is 2.53. The van der Waals surface area contributed by atoms with Gasteiger partial charge >= 0.3 is 0 Å². The molecule has 1 aliphatic carbocycles. The predicted octanol–water partition coefficient (Wildman–Crippen LogP) is 4.17. The van der Waals surface area contributed by atoms with Crippen LogP contribution in [0.15, 0.2) is 18.5 Å². The summed E-state index contributed by atoms with van der Waals surface area (Å²) in [4.78, 5) is 4.36. The van der Waals surface area contributed by atoms with Crippen LogP contribution in [-0.4, -0.2) is 23.7 Å². The van der Waals surface area contributed by atoms with E-state index in [1.165, 1.54) is 36.8 Å². The standard InChI is InChI=1S/C18H30N2O/c1-4-20-17(16-14-19-13-10-15(16)3)18(21-5-2)11-8-6-7-9-12-18/h10,13-14,17,20H,4-9,11-12H2,1-3H3.